The number of nitrogens with zero attached hydrogens (tertiary/aromatic N) is 2. The summed E-state index contributed by atoms with van der Waals surface area (Å²) < 4.78 is 5.12. The Labute approximate surface area is 141 Å². The van der Waals surface area contributed by atoms with Crippen LogP contribution in [-0.2, 0) is 21.8 Å². The lowest BCUT2D eigenvalue weighted by molar-refractivity contribution is -0.129. The molecule has 0 spiro atoms. The van der Waals surface area contributed by atoms with Crippen LogP contribution in [0.3, 0.4) is 0 Å². The molecule has 4 nitrogen and oxygen atoms in total. The molecule has 122 valence electrons. The van der Waals surface area contributed by atoms with Crippen molar-refractivity contribution in [2.45, 2.75) is 12.3 Å². The molecule has 0 unspecified atom stereocenters. The van der Waals surface area contributed by atoms with Gasteiger partial charge in [-0.25, -0.2) is 0 Å². The molecule has 1 aromatic heterocycles. The number of benzene rings is 1. The van der Waals surface area contributed by atoms with Crippen LogP contribution in [0.25, 0.3) is 0 Å². The molecule has 1 amide bonds. The summed E-state index contributed by atoms with van der Waals surface area (Å²) in [6, 6.07) is 14.1. The van der Waals surface area contributed by atoms with Crippen LogP contribution in [0.2, 0.25) is 0 Å². The summed E-state index contributed by atoms with van der Waals surface area (Å²) in [5.74, 6) is 1.46. The third-order valence-electron chi connectivity index (χ3n) is 3.38. The number of carbonyl (C=O) groups is 1. The lowest BCUT2D eigenvalue weighted by atomic mass is 10.2. The van der Waals surface area contributed by atoms with Crippen molar-refractivity contribution >= 4 is 17.7 Å². The predicted octanol–water partition coefficient (Wildman–Crippen LogP) is 2.99. The van der Waals surface area contributed by atoms with Crippen LogP contribution in [0.15, 0.2) is 54.9 Å². The maximum absolute atomic E-state index is 12.5. The Hall–Kier alpha value is -1.85. The van der Waals surface area contributed by atoms with E-state index in [1.54, 1.807) is 31.3 Å². The van der Waals surface area contributed by atoms with Crippen LogP contribution in [0.4, 0.5) is 0 Å². The van der Waals surface area contributed by atoms with Crippen LogP contribution in [0.5, 0.6) is 0 Å². The van der Waals surface area contributed by atoms with Gasteiger partial charge in [0.25, 0.3) is 0 Å². The molecular formula is C18H22N2O2S. The van der Waals surface area contributed by atoms with Gasteiger partial charge in [0.15, 0.2) is 0 Å². The minimum Gasteiger partial charge on any atom is -0.383 e. The molecule has 0 bridgehead atoms. The number of thioether (sulfide) groups is 1. The fourth-order valence-electron chi connectivity index (χ4n) is 2.12. The maximum atomic E-state index is 12.5. The Kier molecular flexibility index (Phi) is 7.63. The van der Waals surface area contributed by atoms with Gasteiger partial charge in [-0.3, -0.25) is 9.78 Å². The van der Waals surface area contributed by atoms with Gasteiger partial charge in [-0.05, 0) is 23.3 Å². The summed E-state index contributed by atoms with van der Waals surface area (Å²) in [6.45, 7) is 1.74. The molecule has 1 aromatic carbocycles. The van der Waals surface area contributed by atoms with Crippen molar-refractivity contribution in [1.82, 2.24) is 9.88 Å². The van der Waals surface area contributed by atoms with Crippen LogP contribution in [0, 0.1) is 0 Å². The molecule has 0 N–H and O–H groups in total. The van der Waals surface area contributed by atoms with E-state index in [9.17, 15) is 4.79 Å². The summed E-state index contributed by atoms with van der Waals surface area (Å²) in [7, 11) is 1.65. The minimum atomic E-state index is 0.139. The number of aromatic nitrogens is 1. The lowest BCUT2D eigenvalue weighted by Gasteiger charge is -2.22. The highest BCUT2D eigenvalue weighted by molar-refractivity contribution is 7.99. The molecule has 0 aliphatic rings. The van der Waals surface area contributed by atoms with E-state index < -0.39 is 0 Å². The molecule has 2 rings (SSSR count). The highest BCUT2D eigenvalue weighted by Gasteiger charge is 2.13. The largest absolute Gasteiger partial charge is 0.383 e. The van der Waals surface area contributed by atoms with Gasteiger partial charge in [-0.2, -0.15) is 0 Å². The summed E-state index contributed by atoms with van der Waals surface area (Å²) in [5.41, 5.74) is 2.32. The third kappa shape index (κ3) is 6.42. The molecule has 0 atom stereocenters. The molecule has 5 heteroatoms. The fraction of sp³-hybridized carbons (Fsp3) is 0.333. The van der Waals surface area contributed by atoms with Crippen molar-refractivity contribution in [2.24, 2.45) is 0 Å². The molecule has 23 heavy (non-hydrogen) atoms. The monoisotopic (exact) mass is 330 g/mol. The first-order chi connectivity index (χ1) is 11.3. The maximum Gasteiger partial charge on any atom is 0.232 e. The topological polar surface area (TPSA) is 42.4 Å². The van der Waals surface area contributed by atoms with Crippen LogP contribution in [-0.4, -0.2) is 41.8 Å². The average molecular weight is 330 g/mol. The minimum absolute atomic E-state index is 0.139. The SMILES string of the molecule is COCCN(Cc1ccncc1)C(=O)CSCc1ccccc1. The van der Waals surface area contributed by atoms with Gasteiger partial charge < -0.3 is 9.64 Å². The van der Waals surface area contributed by atoms with Crippen LogP contribution in [0.1, 0.15) is 11.1 Å². The number of methoxy groups -OCH3 is 1. The molecule has 0 saturated carbocycles. The second kappa shape index (κ2) is 10.0. The Morgan fingerprint density at radius 1 is 1.13 bits per heavy atom. The number of pyridine rings is 1. The fourth-order valence-corrected chi connectivity index (χ4v) is 3.01. The smallest absolute Gasteiger partial charge is 0.232 e. The number of amides is 1. The summed E-state index contributed by atoms with van der Waals surface area (Å²) in [4.78, 5) is 18.3. The first-order valence-corrected chi connectivity index (χ1v) is 8.72. The number of ether oxygens (including phenoxy) is 1. The van der Waals surface area contributed by atoms with Gasteiger partial charge in [-0.15, -0.1) is 11.8 Å². The van der Waals surface area contributed by atoms with Crippen molar-refractivity contribution in [3.63, 3.8) is 0 Å². The van der Waals surface area contributed by atoms with E-state index in [1.807, 2.05) is 35.2 Å². The molecule has 0 aliphatic heterocycles. The van der Waals surface area contributed by atoms with Crippen molar-refractivity contribution in [3.05, 3.63) is 66.0 Å². The summed E-state index contributed by atoms with van der Waals surface area (Å²) >= 11 is 1.64. The molecular weight excluding hydrogens is 308 g/mol. The zero-order valence-electron chi connectivity index (χ0n) is 13.4. The summed E-state index contributed by atoms with van der Waals surface area (Å²) in [6.07, 6.45) is 3.50. The second-order valence-electron chi connectivity index (χ2n) is 5.14. The molecule has 0 aliphatic carbocycles. The van der Waals surface area contributed by atoms with Crippen LogP contribution >= 0.6 is 11.8 Å². The molecule has 0 radical (unpaired) electrons. The highest BCUT2D eigenvalue weighted by Crippen LogP contribution is 2.13. The lowest BCUT2D eigenvalue weighted by Crippen LogP contribution is -2.34. The first-order valence-electron chi connectivity index (χ1n) is 7.57. The van der Waals surface area contributed by atoms with E-state index in [1.165, 1.54) is 5.56 Å². The van der Waals surface area contributed by atoms with Crippen molar-refractivity contribution in [1.29, 1.82) is 0 Å². The van der Waals surface area contributed by atoms with E-state index in [4.69, 9.17) is 4.74 Å². The number of hydrogen-bond acceptors (Lipinski definition) is 4. The zero-order valence-corrected chi connectivity index (χ0v) is 14.2. The molecule has 1 heterocycles. The van der Waals surface area contributed by atoms with E-state index in [-0.39, 0.29) is 5.91 Å². The van der Waals surface area contributed by atoms with E-state index >= 15 is 0 Å². The Morgan fingerprint density at radius 3 is 2.57 bits per heavy atom. The van der Waals surface area contributed by atoms with E-state index in [2.05, 4.69) is 17.1 Å². The zero-order chi connectivity index (χ0) is 16.3. The van der Waals surface area contributed by atoms with Gasteiger partial charge >= 0.3 is 0 Å². The van der Waals surface area contributed by atoms with Gasteiger partial charge in [0.1, 0.15) is 0 Å². The van der Waals surface area contributed by atoms with Crippen molar-refractivity contribution in [3.8, 4) is 0 Å². The molecule has 0 saturated heterocycles. The molecule has 0 fully saturated rings. The van der Waals surface area contributed by atoms with Gasteiger partial charge in [0, 0.05) is 38.3 Å². The number of carbonyl (C=O) groups excluding carboxylic acids is 1. The highest BCUT2D eigenvalue weighted by atomic mass is 32.2. The average Bonchev–Trinajstić information content (AvgIpc) is 2.60. The standard InChI is InChI=1S/C18H22N2O2S/c1-22-12-11-20(13-16-7-9-19-10-8-16)18(21)15-23-14-17-5-3-2-4-6-17/h2-10H,11-15H2,1H3. The molecule has 2 aromatic rings. The van der Waals surface area contributed by atoms with E-state index in [0.29, 0.717) is 25.4 Å². The Morgan fingerprint density at radius 2 is 1.87 bits per heavy atom. The Bertz CT molecular complexity index is 578. The quantitative estimate of drug-likeness (QED) is 0.709. The normalized spacial score (nSPS) is 10.5. The number of hydrogen-bond donors (Lipinski definition) is 0. The van der Waals surface area contributed by atoms with Crippen molar-refractivity contribution in [2.75, 3.05) is 26.0 Å². The van der Waals surface area contributed by atoms with E-state index in [0.717, 1.165) is 11.3 Å². The second-order valence-corrected chi connectivity index (χ2v) is 6.13. The van der Waals surface area contributed by atoms with Crippen LogP contribution < -0.4 is 0 Å². The van der Waals surface area contributed by atoms with Gasteiger partial charge in [0.05, 0.1) is 12.4 Å². The van der Waals surface area contributed by atoms with Gasteiger partial charge in [0.2, 0.25) is 5.91 Å². The van der Waals surface area contributed by atoms with Crippen molar-refractivity contribution < 1.29 is 9.53 Å². The summed E-state index contributed by atoms with van der Waals surface area (Å²) in [5, 5.41) is 0. The first kappa shape index (κ1) is 17.5. The Balaban J connectivity index is 1.85. The number of rotatable bonds is 9. The third-order valence-corrected chi connectivity index (χ3v) is 4.37. The predicted molar refractivity (Wildman–Crippen MR) is 94.1 cm³/mol. The van der Waals surface area contributed by atoms with Gasteiger partial charge in [-0.1, -0.05) is 30.3 Å².